The summed E-state index contributed by atoms with van der Waals surface area (Å²) in [5.41, 5.74) is 0. The van der Waals surface area contributed by atoms with Gasteiger partial charge in [-0.25, -0.2) is 4.98 Å². The number of unbranched alkanes of at least 4 members (excludes halogenated alkanes) is 1. The molecule has 0 bridgehead atoms. The molecule has 1 aromatic heterocycles. The van der Waals surface area contributed by atoms with Crippen molar-refractivity contribution in [3.63, 3.8) is 0 Å². The molecule has 0 atom stereocenters. The summed E-state index contributed by atoms with van der Waals surface area (Å²) in [5.74, 6) is 1.77. The van der Waals surface area contributed by atoms with Crippen LogP contribution in [0.4, 0.5) is 11.8 Å². The minimum atomic E-state index is 0.745. The molecule has 1 aliphatic heterocycles. The van der Waals surface area contributed by atoms with Gasteiger partial charge in [0, 0.05) is 38.9 Å². The zero-order valence-electron chi connectivity index (χ0n) is 10.4. The summed E-state index contributed by atoms with van der Waals surface area (Å²) in [7, 11) is 0. The van der Waals surface area contributed by atoms with Gasteiger partial charge in [0.1, 0.15) is 5.82 Å². The maximum absolute atomic E-state index is 4.54. The van der Waals surface area contributed by atoms with E-state index >= 15 is 0 Å². The quantitative estimate of drug-likeness (QED) is 0.748. The molecule has 0 aliphatic carbocycles. The molecular weight excluding hydrogens is 214 g/mol. The fourth-order valence-electron chi connectivity index (χ4n) is 1.88. The molecule has 5 heteroatoms. The van der Waals surface area contributed by atoms with Crippen molar-refractivity contribution in [2.24, 2.45) is 0 Å². The molecule has 1 fully saturated rings. The van der Waals surface area contributed by atoms with Crippen molar-refractivity contribution in [2.45, 2.75) is 19.8 Å². The number of rotatable bonds is 5. The van der Waals surface area contributed by atoms with Crippen molar-refractivity contribution < 1.29 is 0 Å². The molecule has 1 aromatic rings. The second-order valence-corrected chi connectivity index (χ2v) is 4.26. The molecule has 0 radical (unpaired) electrons. The summed E-state index contributed by atoms with van der Waals surface area (Å²) >= 11 is 0. The smallest absolute Gasteiger partial charge is 0.224 e. The summed E-state index contributed by atoms with van der Waals surface area (Å²) < 4.78 is 0. The van der Waals surface area contributed by atoms with E-state index in [1.807, 2.05) is 12.3 Å². The number of anilines is 2. The molecule has 1 aliphatic rings. The normalized spacial score (nSPS) is 15.9. The van der Waals surface area contributed by atoms with Crippen molar-refractivity contribution >= 4 is 11.8 Å². The van der Waals surface area contributed by atoms with Crippen LogP contribution >= 0.6 is 0 Å². The van der Waals surface area contributed by atoms with E-state index in [1.54, 1.807) is 0 Å². The average Bonchev–Trinajstić information content (AvgIpc) is 2.41. The highest BCUT2D eigenvalue weighted by Crippen LogP contribution is 2.12. The Bertz CT molecular complexity index is 335. The Morgan fingerprint density at radius 2 is 2.24 bits per heavy atom. The van der Waals surface area contributed by atoms with Crippen LogP contribution in [0.15, 0.2) is 12.3 Å². The first-order valence-corrected chi connectivity index (χ1v) is 6.42. The number of nitrogens with zero attached hydrogens (tertiary/aromatic N) is 3. The van der Waals surface area contributed by atoms with Crippen LogP contribution in [0.25, 0.3) is 0 Å². The van der Waals surface area contributed by atoms with Gasteiger partial charge < -0.3 is 15.5 Å². The predicted molar refractivity (Wildman–Crippen MR) is 70.5 cm³/mol. The second-order valence-electron chi connectivity index (χ2n) is 4.26. The molecule has 5 nitrogen and oxygen atoms in total. The first-order chi connectivity index (χ1) is 8.40. The van der Waals surface area contributed by atoms with E-state index in [9.17, 15) is 0 Å². The zero-order chi connectivity index (χ0) is 11.9. The van der Waals surface area contributed by atoms with Gasteiger partial charge >= 0.3 is 0 Å². The van der Waals surface area contributed by atoms with Gasteiger partial charge in [-0.1, -0.05) is 13.3 Å². The number of hydrogen-bond acceptors (Lipinski definition) is 5. The Labute approximate surface area is 103 Å². The maximum atomic E-state index is 4.54. The van der Waals surface area contributed by atoms with Crippen LogP contribution in [-0.2, 0) is 0 Å². The summed E-state index contributed by atoms with van der Waals surface area (Å²) in [6, 6.07) is 1.98. The van der Waals surface area contributed by atoms with Crippen LogP contribution in [0.1, 0.15) is 19.8 Å². The molecule has 1 saturated heterocycles. The van der Waals surface area contributed by atoms with Crippen molar-refractivity contribution in [2.75, 3.05) is 42.9 Å². The maximum Gasteiger partial charge on any atom is 0.224 e. The molecule has 94 valence electrons. The largest absolute Gasteiger partial charge is 0.354 e. The van der Waals surface area contributed by atoms with Crippen LogP contribution < -0.4 is 15.5 Å². The minimum Gasteiger partial charge on any atom is -0.354 e. The van der Waals surface area contributed by atoms with Crippen molar-refractivity contribution in [1.29, 1.82) is 0 Å². The van der Waals surface area contributed by atoms with Crippen LogP contribution in [0, 0.1) is 0 Å². The Balaban J connectivity index is 1.95. The summed E-state index contributed by atoms with van der Waals surface area (Å²) in [5, 5.41) is 6.60. The lowest BCUT2D eigenvalue weighted by molar-refractivity contribution is 0.584. The Morgan fingerprint density at radius 1 is 1.41 bits per heavy atom. The highest BCUT2D eigenvalue weighted by molar-refractivity contribution is 5.42. The van der Waals surface area contributed by atoms with Gasteiger partial charge in [-0.05, 0) is 12.5 Å². The highest BCUT2D eigenvalue weighted by Gasteiger charge is 2.11. The number of nitrogens with one attached hydrogen (secondary N) is 2. The average molecular weight is 235 g/mol. The van der Waals surface area contributed by atoms with Crippen LogP contribution in [0.5, 0.6) is 0 Å². The molecule has 0 unspecified atom stereocenters. The van der Waals surface area contributed by atoms with E-state index in [4.69, 9.17) is 0 Å². The Kier molecular flexibility index (Phi) is 4.55. The lowest BCUT2D eigenvalue weighted by atomic mass is 10.3. The van der Waals surface area contributed by atoms with Crippen LogP contribution in [0.3, 0.4) is 0 Å². The van der Waals surface area contributed by atoms with E-state index in [1.165, 1.54) is 6.42 Å². The van der Waals surface area contributed by atoms with Crippen molar-refractivity contribution in [3.05, 3.63) is 12.3 Å². The molecule has 17 heavy (non-hydrogen) atoms. The van der Waals surface area contributed by atoms with E-state index < -0.39 is 0 Å². The van der Waals surface area contributed by atoms with E-state index in [-0.39, 0.29) is 0 Å². The molecule has 2 rings (SSSR count). The summed E-state index contributed by atoms with van der Waals surface area (Å²) in [6.45, 7) is 7.23. The van der Waals surface area contributed by atoms with Gasteiger partial charge in [0.25, 0.3) is 0 Å². The third-order valence-electron chi connectivity index (χ3n) is 2.90. The zero-order valence-corrected chi connectivity index (χ0v) is 10.4. The predicted octanol–water partition coefficient (Wildman–Crippen LogP) is 1.10. The molecular formula is C12H21N5. The molecule has 0 saturated carbocycles. The SMILES string of the molecule is CCCCNc1nccc(N2CCNCC2)n1. The lowest BCUT2D eigenvalue weighted by Crippen LogP contribution is -2.43. The van der Waals surface area contributed by atoms with Gasteiger partial charge in [0.2, 0.25) is 5.95 Å². The molecule has 0 amide bonds. The fourth-order valence-corrected chi connectivity index (χ4v) is 1.88. The number of hydrogen-bond donors (Lipinski definition) is 2. The number of piperazine rings is 1. The van der Waals surface area contributed by atoms with E-state index in [0.717, 1.165) is 50.9 Å². The molecule has 0 aromatic carbocycles. The second kappa shape index (κ2) is 6.39. The molecule has 0 spiro atoms. The van der Waals surface area contributed by atoms with Crippen LogP contribution in [-0.4, -0.2) is 42.7 Å². The Hall–Kier alpha value is -1.36. The first kappa shape index (κ1) is 12.1. The van der Waals surface area contributed by atoms with Gasteiger partial charge in [0.15, 0.2) is 0 Å². The van der Waals surface area contributed by atoms with E-state index in [0.29, 0.717) is 0 Å². The van der Waals surface area contributed by atoms with Crippen LogP contribution in [0.2, 0.25) is 0 Å². The molecule has 2 N–H and O–H groups in total. The highest BCUT2D eigenvalue weighted by atomic mass is 15.3. The van der Waals surface area contributed by atoms with Gasteiger partial charge in [-0.3, -0.25) is 0 Å². The van der Waals surface area contributed by atoms with Crippen molar-refractivity contribution in [3.8, 4) is 0 Å². The standard InChI is InChI=1S/C12H21N5/c1-2-3-5-14-12-15-6-4-11(16-12)17-9-7-13-8-10-17/h4,6,13H,2-3,5,7-10H2,1H3,(H,14,15,16). The van der Waals surface area contributed by atoms with E-state index in [2.05, 4.69) is 32.4 Å². The number of aromatic nitrogens is 2. The third kappa shape index (κ3) is 3.56. The lowest BCUT2D eigenvalue weighted by Gasteiger charge is -2.28. The third-order valence-corrected chi connectivity index (χ3v) is 2.90. The monoisotopic (exact) mass is 235 g/mol. The van der Waals surface area contributed by atoms with Crippen molar-refractivity contribution in [1.82, 2.24) is 15.3 Å². The van der Waals surface area contributed by atoms with Gasteiger partial charge in [-0.15, -0.1) is 0 Å². The molecule has 2 heterocycles. The first-order valence-electron chi connectivity index (χ1n) is 6.42. The van der Waals surface area contributed by atoms with Gasteiger partial charge in [0.05, 0.1) is 0 Å². The fraction of sp³-hybridized carbons (Fsp3) is 0.667. The van der Waals surface area contributed by atoms with Gasteiger partial charge in [-0.2, -0.15) is 4.98 Å². The summed E-state index contributed by atoms with van der Waals surface area (Å²) in [6.07, 6.45) is 4.17. The summed E-state index contributed by atoms with van der Waals surface area (Å²) in [4.78, 5) is 11.1. The minimum absolute atomic E-state index is 0.745. The Morgan fingerprint density at radius 3 is 3.00 bits per heavy atom. The topological polar surface area (TPSA) is 53.1 Å².